The molecule has 0 spiro atoms. The molecule has 15 heavy (non-hydrogen) atoms. The average molecular weight is 235 g/mol. The number of benzene rings is 1. The van der Waals surface area contributed by atoms with Crippen molar-refractivity contribution in [3.05, 3.63) is 40.1 Å². The van der Waals surface area contributed by atoms with E-state index in [1.807, 2.05) is 24.3 Å². The van der Waals surface area contributed by atoms with Gasteiger partial charge >= 0.3 is 18.9 Å². The van der Waals surface area contributed by atoms with Crippen molar-refractivity contribution in [2.75, 3.05) is 5.75 Å². The molecule has 76 valence electrons. The Labute approximate surface area is 110 Å². The van der Waals surface area contributed by atoms with E-state index < -0.39 is 10.8 Å². The summed E-state index contributed by atoms with van der Waals surface area (Å²) in [4.78, 5) is 0. The number of hydrogen-bond donors (Lipinski definition) is 0. The van der Waals surface area contributed by atoms with Gasteiger partial charge in [-0.1, -0.05) is 41.8 Å². The number of halogens is 1. The maximum Gasteiger partial charge on any atom is 1.00 e. The molecule has 1 heterocycles. The second-order valence-corrected chi connectivity index (χ2v) is 5.47. The van der Waals surface area contributed by atoms with Crippen LogP contribution in [0.3, 0.4) is 0 Å². The largest absolute Gasteiger partial charge is 1.00 e. The Balaban J connectivity index is 0.00000112. The molecule has 0 radical (unpaired) electrons. The van der Waals surface area contributed by atoms with Gasteiger partial charge in [-0.15, -0.1) is 0 Å². The van der Waals surface area contributed by atoms with E-state index in [9.17, 15) is 4.21 Å². The van der Waals surface area contributed by atoms with Crippen LogP contribution < -0.4 is 18.9 Å². The zero-order chi connectivity index (χ0) is 9.97. The van der Waals surface area contributed by atoms with Crippen LogP contribution in [-0.2, 0) is 10.8 Å². The Morgan fingerprint density at radius 3 is 2.47 bits per heavy atom. The van der Waals surface area contributed by atoms with E-state index in [0.29, 0.717) is 0 Å². The second-order valence-electron chi connectivity index (χ2n) is 3.44. The summed E-state index contributed by atoms with van der Waals surface area (Å²) >= 11 is 5.80. The first-order valence-corrected chi connectivity index (χ1v) is 6.47. The predicted octanol–water partition coefficient (Wildman–Crippen LogP) is 0.157. The van der Waals surface area contributed by atoms with Crippen molar-refractivity contribution in [2.45, 2.75) is 19.3 Å². The predicted molar refractivity (Wildman–Crippen MR) is 60.7 cm³/mol. The fourth-order valence-corrected chi connectivity index (χ4v) is 3.28. The van der Waals surface area contributed by atoms with Crippen LogP contribution in [0.15, 0.2) is 24.3 Å². The molecule has 1 fully saturated rings. The molecule has 0 saturated carbocycles. The summed E-state index contributed by atoms with van der Waals surface area (Å²) in [7, 11) is -0.762. The van der Waals surface area contributed by atoms with E-state index in [1.54, 1.807) is 0 Å². The Hall–Kier alpha value is 0.127. The van der Waals surface area contributed by atoms with Gasteiger partial charge in [0.15, 0.2) is 0 Å². The van der Waals surface area contributed by atoms with Crippen molar-refractivity contribution >= 4 is 22.4 Å². The normalized spacial score (nSPS) is 20.9. The van der Waals surface area contributed by atoms with Crippen molar-refractivity contribution in [1.82, 2.24) is 0 Å². The summed E-state index contributed by atoms with van der Waals surface area (Å²) < 4.78 is 11.7. The summed E-state index contributed by atoms with van der Waals surface area (Å²) in [6.07, 6.45) is 3.21. The van der Waals surface area contributed by atoms with E-state index in [1.165, 1.54) is 0 Å². The topological polar surface area (TPSA) is 17.1 Å². The molecule has 2 rings (SSSR count). The van der Waals surface area contributed by atoms with Crippen molar-refractivity contribution in [2.24, 2.45) is 0 Å². The molecule has 0 bridgehead atoms. The van der Waals surface area contributed by atoms with Crippen LogP contribution >= 0.6 is 11.6 Å². The third kappa shape index (κ3) is 3.29. The Morgan fingerprint density at radius 2 is 1.87 bits per heavy atom. The maximum atomic E-state index is 11.7. The molecule has 1 aromatic rings. The van der Waals surface area contributed by atoms with Crippen LogP contribution in [0.4, 0.5) is 0 Å². The molecule has 0 amide bonds. The van der Waals surface area contributed by atoms with E-state index in [4.69, 9.17) is 11.6 Å². The van der Waals surface area contributed by atoms with E-state index in [2.05, 4.69) is 0 Å². The Bertz CT molecular complexity index is 339. The van der Waals surface area contributed by atoms with E-state index >= 15 is 0 Å². The van der Waals surface area contributed by atoms with Crippen LogP contribution in [0, 0.1) is 5.25 Å². The van der Waals surface area contributed by atoms with Gasteiger partial charge in [-0.2, -0.15) is 17.7 Å². The first kappa shape index (κ1) is 13.2. The molecule has 1 aliphatic heterocycles. The van der Waals surface area contributed by atoms with Crippen LogP contribution in [0.5, 0.6) is 0 Å². The van der Waals surface area contributed by atoms with Gasteiger partial charge in [0.05, 0.1) is 0 Å². The Kier molecular flexibility index (Phi) is 5.29. The van der Waals surface area contributed by atoms with Gasteiger partial charge in [0, 0.05) is 10.8 Å². The summed E-state index contributed by atoms with van der Waals surface area (Å²) in [5.74, 6) is 0.817. The SMILES string of the molecule is O=S1CCCC[C-]1c1ccc(Cl)cc1.[Li+]. The van der Waals surface area contributed by atoms with Gasteiger partial charge in [-0.3, -0.25) is 4.21 Å². The van der Waals surface area contributed by atoms with Crippen LogP contribution in [0.1, 0.15) is 24.8 Å². The molecule has 1 unspecified atom stereocenters. The number of hydrogen-bond acceptors (Lipinski definition) is 1. The Morgan fingerprint density at radius 1 is 1.20 bits per heavy atom. The van der Waals surface area contributed by atoms with Crippen molar-refractivity contribution < 1.29 is 23.1 Å². The number of rotatable bonds is 1. The molecular weight excluding hydrogens is 223 g/mol. The van der Waals surface area contributed by atoms with Crippen molar-refractivity contribution in [1.29, 1.82) is 0 Å². The third-order valence-corrected chi connectivity index (χ3v) is 4.33. The smallest absolute Gasteiger partial charge is 0.268 e. The molecule has 1 aromatic carbocycles. The molecule has 1 nitrogen and oxygen atoms in total. The maximum absolute atomic E-state index is 11.7. The monoisotopic (exact) mass is 234 g/mol. The minimum Gasteiger partial charge on any atom is -0.268 e. The molecule has 1 aliphatic rings. The van der Waals surface area contributed by atoms with E-state index in [0.717, 1.165) is 40.9 Å². The summed E-state index contributed by atoms with van der Waals surface area (Å²) in [5.41, 5.74) is 1.09. The van der Waals surface area contributed by atoms with Gasteiger partial charge in [-0.05, 0) is 17.2 Å². The van der Waals surface area contributed by atoms with Gasteiger partial charge in [-0.25, -0.2) is 0 Å². The van der Waals surface area contributed by atoms with Gasteiger partial charge in [0.25, 0.3) is 0 Å². The quantitative estimate of drug-likeness (QED) is 0.500. The van der Waals surface area contributed by atoms with Crippen molar-refractivity contribution in [3.63, 3.8) is 0 Å². The first-order valence-electron chi connectivity index (χ1n) is 4.77. The fraction of sp³-hybridized carbons (Fsp3) is 0.364. The molecule has 1 atom stereocenters. The zero-order valence-corrected chi connectivity index (χ0v) is 10.4. The van der Waals surface area contributed by atoms with Crippen molar-refractivity contribution in [3.8, 4) is 0 Å². The third-order valence-electron chi connectivity index (χ3n) is 2.42. The minimum absolute atomic E-state index is 0. The summed E-state index contributed by atoms with van der Waals surface area (Å²) in [5, 5.41) is 1.82. The molecule has 0 N–H and O–H groups in total. The van der Waals surface area contributed by atoms with E-state index in [-0.39, 0.29) is 18.9 Å². The summed E-state index contributed by atoms with van der Waals surface area (Å²) in [6.45, 7) is 0. The minimum atomic E-state index is -0.762. The molecule has 0 aliphatic carbocycles. The zero-order valence-electron chi connectivity index (χ0n) is 8.83. The summed E-state index contributed by atoms with van der Waals surface area (Å²) in [6, 6.07) is 7.63. The van der Waals surface area contributed by atoms with Gasteiger partial charge < -0.3 is 0 Å². The first-order chi connectivity index (χ1) is 6.77. The molecule has 0 aromatic heterocycles. The van der Waals surface area contributed by atoms with Gasteiger partial charge in [0.1, 0.15) is 0 Å². The fourth-order valence-electron chi connectivity index (χ4n) is 1.67. The standard InChI is InChI=1S/C11H12ClOS.Li/c12-10-6-4-9(5-7-10)11-3-1-2-8-14(11)13;/h4-7H,1-3,8H2;/q-1;+1. The molecular formula is C11H12ClLiOS. The van der Waals surface area contributed by atoms with Gasteiger partial charge in [0.2, 0.25) is 0 Å². The van der Waals surface area contributed by atoms with Crippen LogP contribution in [0.2, 0.25) is 5.02 Å². The molecule has 1 saturated heterocycles. The second kappa shape index (κ2) is 6.01. The van der Waals surface area contributed by atoms with Crippen LogP contribution in [-0.4, -0.2) is 9.96 Å². The van der Waals surface area contributed by atoms with Crippen LogP contribution in [0.25, 0.3) is 0 Å². The molecule has 4 heteroatoms. The average Bonchev–Trinajstić information content (AvgIpc) is 2.20.